The molecule has 0 bridgehead atoms. The Hall–Kier alpha value is -3.53. The lowest BCUT2D eigenvalue weighted by Crippen LogP contribution is -2.40. The average molecular weight is 592 g/mol. The molecular formula is C30H37N7O4S. The van der Waals surface area contributed by atoms with Crippen LogP contribution in [0.3, 0.4) is 0 Å². The number of rotatable bonds is 7. The lowest BCUT2D eigenvalue weighted by Gasteiger charge is -2.39. The summed E-state index contributed by atoms with van der Waals surface area (Å²) in [6.07, 6.45) is 13.7. The number of hydrogen-bond donors (Lipinski definition) is 3. The number of nitrogens with one attached hydrogen (secondary N) is 1. The number of piperidine rings is 1. The number of aromatic nitrogens is 5. The summed E-state index contributed by atoms with van der Waals surface area (Å²) in [6, 6.07) is 3.66. The van der Waals surface area contributed by atoms with Crippen LogP contribution in [0.25, 0.3) is 11.4 Å². The highest BCUT2D eigenvalue weighted by molar-refractivity contribution is 7.90. The van der Waals surface area contributed by atoms with Gasteiger partial charge in [-0.25, -0.2) is 23.4 Å². The van der Waals surface area contributed by atoms with Crippen LogP contribution in [0.4, 0.5) is 17.3 Å². The highest BCUT2D eigenvalue weighted by Gasteiger charge is 2.38. The van der Waals surface area contributed by atoms with Crippen LogP contribution < -0.4 is 10.2 Å². The summed E-state index contributed by atoms with van der Waals surface area (Å²) < 4.78 is 26.1. The van der Waals surface area contributed by atoms with Gasteiger partial charge in [0.1, 0.15) is 17.2 Å². The van der Waals surface area contributed by atoms with E-state index in [0.717, 1.165) is 60.5 Å². The molecule has 6 rings (SSSR count). The summed E-state index contributed by atoms with van der Waals surface area (Å²) in [7, 11) is -3.48. The van der Waals surface area contributed by atoms with Crippen molar-refractivity contribution in [1.29, 1.82) is 0 Å². The van der Waals surface area contributed by atoms with Gasteiger partial charge in [0.05, 0.1) is 34.5 Å². The quantitative estimate of drug-likeness (QED) is 0.349. The Kier molecular flexibility index (Phi) is 7.68. The lowest BCUT2D eigenvalue weighted by molar-refractivity contribution is 0.0610. The monoisotopic (exact) mass is 591 g/mol. The standard InChI is InChI=1S/C30H37N7O4S/c1-29(21-38)12-15-36(16-13-29)25-17-27(32-18-22(25)7-11-30(39)9-3-2-4-10-30)34-26-8-14-31-28(35-26)23-19-33-37(20-23)42(40,41)24-5-6-24/h8,14,17-20,24,38-39H,2-6,9-10,12-13,15-16,21H2,1H3,(H,31,32,34,35). The minimum atomic E-state index is -3.48. The Labute approximate surface area is 246 Å². The summed E-state index contributed by atoms with van der Waals surface area (Å²) in [4.78, 5) is 15.8. The summed E-state index contributed by atoms with van der Waals surface area (Å²) in [5.41, 5.74) is 1.10. The van der Waals surface area contributed by atoms with Gasteiger partial charge in [0.25, 0.3) is 10.0 Å². The first kappa shape index (κ1) is 28.6. The van der Waals surface area contributed by atoms with E-state index < -0.39 is 15.6 Å². The Balaban J connectivity index is 1.26. The number of nitrogens with zero attached hydrogens (tertiary/aromatic N) is 6. The molecule has 0 atom stereocenters. The molecule has 0 unspecified atom stereocenters. The first-order chi connectivity index (χ1) is 20.2. The molecule has 222 valence electrons. The third kappa shape index (κ3) is 6.14. The number of aliphatic hydroxyl groups is 2. The second-order valence-electron chi connectivity index (χ2n) is 12.1. The average Bonchev–Trinajstić information content (AvgIpc) is 3.74. The van der Waals surface area contributed by atoms with Gasteiger partial charge in [-0.05, 0) is 62.8 Å². The van der Waals surface area contributed by atoms with Crippen molar-refractivity contribution in [2.24, 2.45) is 5.41 Å². The molecule has 42 heavy (non-hydrogen) atoms. The highest BCUT2D eigenvalue weighted by atomic mass is 32.2. The van der Waals surface area contributed by atoms with Crippen LogP contribution in [0.5, 0.6) is 0 Å². The van der Waals surface area contributed by atoms with Crippen molar-refractivity contribution in [2.45, 2.75) is 75.6 Å². The van der Waals surface area contributed by atoms with Gasteiger partial charge in [0.15, 0.2) is 5.82 Å². The summed E-state index contributed by atoms with van der Waals surface area (Å²) in [5.74, 6) is 7.80. The molecular weight excluding hydrogens is 554 g/mol. The van der Waals surface area contributed by atoms with Crippen LogP contribution in [-0.4, -0.2) is 73.3 Å². The zero-order chi connectivity index (χ0) is 29.4. The van der Waals surface area contributed by atoms with Crippen LogP contribution >= 0.6 is 0 Å². The van der Waals surface area contributed by atoms with Crippen molar-refractivity contribution in [3.05, 3.63) is 42.5 Å². The first-order valence-corrected chi connectivity index (χ1v) is 16.2. The van der Waals surface area contributed by atoms with Gasteiger partial charge in [-0.1, -0.05) is 25.2 Å². The fourth-order valence-electron chi connectivity index (χ4n) is 5.54. The minimum absolute atomic E-state index is 0.100. The molecule has 3 N–H and O–H groups in total. The molecule has 0 spiro atoms. The number of hydrogen-bond acceptors (Lipinski definition) is 10. The molecule has 2 aliphatic carbocycles. The van der Waals surface area contributed by atoms with Crippen LogP contribution in [-0.2, 0) is 10.0 Å². The van der Waals surface area contributed by atoms with Crippen molar-refractivity contribution in [1.82, 2.24) is 24.1 Å². The molecule has 4 heterocycles. The van der Waals surface area contributed by atoms with E-state index in [1.165, 1.54) is 12.4 Å². The number of pyridine rings is 1. The van der Waals surface area contributed by atoms with E-state index in [4.69, 9.17) is 0 Å². The van der Waals surface area contributed by atoms with E-state index in [2.05, 4.69) is 49.0 Å². The van der Waals surface area contributed by atoms with Crippen molar-refractivity contribution < 1.29 is 18.6 Å². The summed E-state index contributed by atoms with van der Waals surface area (Å²) in [5, 5.41) is 27.8. The Morgan fingerprint density at radius 3 is 2.55 bits per heavy atom. The molecule has 0 aromatic carbocycles. The normalized spacial score (nSPS) is 20.0. The van der Waals surface area contributed by atoms with Gasteiger partial charge in [-0.15, -0.1) is 0 Å². The van der Waals surface area contributed by atoms with E-state index in [-0.39, 0.29) is 17.3 Å². The Bertz CT molecular complexity index is 1610. The maximum Gasteiger partial charge on any atom is 0.256 e. The molecule has 3 fully saturated rings. The second-order valence-corrected chi connectivity index (χ2v) is 14.2. The molecule has 2 saturated carbocycles. The van der Waals surface area contributed by atoms with Crippen LogP contribution in [0.1, 0.15) is 70.3 Å². The van der Waals surface area contributed by atoms with Gasteiger partial charge < -0.3 is 20.4 Å². The maximum atomic E-state index is 12.5. The summed E-state index contributed by atoms with van der Waals surface area (Å²) in [6.45, 7) is 3.81. The molecule has 0 radical (unpaired) electrons. The van der Waals surface area contributed by atoms with E-state index >= 15 is 0 Å². The lowest BCUT2D eigenvalue weighted by atomic mass is 9.81. The van der Waals surface area contributed by atoms with E-state index in [1.54, 1.807) is 18.5 Å². The smallest absolute Gasteiger partial charge is 0.256 e. The summed E-state index contributed by atoms with van der Waals surface area (Å²) >= 11 is 0. The Morgan fingerprint density at radius 1 is 1.07 bits per heavy atom. The predicted octanol–water partition coefficient (Wildman–Crippen LogP) is 3.46. The molecule has 11 nitrogen and oxygen atoms in total. The van der Waals surface area contributed by atoms with E-state index in [1.807, 2.05) is 6.07 Å². The van der Waals surface area contributed by atoms with Crippen molar-refractivity contribution in [3.63, 3.8) is 0 Å². The van der Waals surface area contributed by atoms with Crippen LogP contribution in [0.15, 0.2) is 36.9 Å². The van der Waals surface area contributed by atoms with Crippen molar-refractivity contribution in [2.75, 3.05) is 29.9 Å². The van der Waals surface area contributed by atoms with Crippen molar-refractivity contribution >= 4 is 27.3 Å². The highest BCUT2D eigenvalue weighted by Crippen LogP contribution is 2.35. The van der Waals surface area contributed by atoms with E-state index in [9.17, 15) is 18.6 Å². The molecule has 3 aromatic rings. The zero-order valence-electron chi connectivity index (χ0n) is 23.8. The SMILES string of the molecule is CC1(CO)CCN(c2cc(Nc3ccnc(-c4cnn(S(=O)(=O)C5CC5)c4)n3)ncc2C#CC2(O)CCCCC2)CC1. The molecule has 0 amide bonds. The van der Waals surface area contributed by atoms with E-state index in [0.29, 0.717) is 48.7 Å². The fraction of sp³-hybridized carbons (Fsp3) is 0.533. The molecule has 3 aromatic heterocycles. The van der Waals surface area contributed by atoms with Crippen LogP contribution in [0.2, 0.25) is 0 Å². The molecule has 3 aliphatic rings. The Morgan fingerprint density at radius 2 is 1.83 bits per heavy atom. The molecule has 1 aliphatic heterocycles. The van der Waals surface area contributed by atoms with Gasteiger partial charge in [0, 0.05) is 38.2 Å². The van der Waals surface area contributed by atoms with Crippen molar-refractivity contribution in [3.8, 4) is 23.2 Å². The van der Waals surface area contributed by atoms with Gasteiger partial charge in [-0.2, -0.15) is 9.19 Å². The first-order valence-electron chi connectivity index (χ1n) is 14.7. The number of anilines is 3. The van der Waals surface area contributed by atoms with Gasteiger partial charge >= 0.3 is 0 Å². The third-order valence-corrected chi connectivity index (χ3v) is 10.7. The minimum Gasteiger partial charge on any atom is -0.396 e. The maximum absolute atomic E-state index is 12.5. The van der Waals surface area contributed by atoms with Gasteiger partial charge in [0.2, 0.25) is 0 Å². The number of aliphatic hydroxyl groups excluding tert-OH is 1. The zero-order valence-corrected chi connectivity index (χ0v) is 24.6. The molecule has 12 heteroatoms. The fourth-order valence-corrected chi connectivity index (χ4v) is 7.01. The predicted molar refractivity (Wildman–Crippen MR) is 160 cm³/mol. The second kappa shape index (κ2) is 11.3. The molecule has 1 saturated heterocycles. The topological polar surface area (TPSA) is 146 Å². The van der Waals surface area contributed by atoms with Crippen LogP contribution in [0, 0.1) is 17.3 Å². The third-order valence-electron chi connectivity index (χ3n) is 8.62. The van der Waals surface area contributed by atoms with Gasteiger partial charge in [-0.3, -0.25) is 0 Å². The largest absolute Gasteiger partial charge is 0.396 e.